The molecule has 0 radical (unpaired) electrons. The fourth-order valence-electron chi connectivity index (χ4n) is 1.74. The lowest BCUT2D eigenvalue weighted by Gasteiger charge is -2.14. The minimum Gasteiger partial charge on any atom is -0.389 e. The largest absolute Gasteiger partial charge is 0.389 e. The van der Waals surface area contributed by atoms with Crippen LogP contribution in [0, 0.1) is 11.3 Å². The van der Waals surface area contributed by atoms with Crippen LogP contribution in [0.25, 0.3) is 0 Å². The van der Waals surface area contributed by atoms with E-state index >= 15 is 0 Å². The van der Waals surface area contributed by atoms with Crippen molar-refractivity contribution in [3.63, 3.8) is 0 Å². The first-order chi connectivity index (χ1) is 10.2. The molecule has 0 spiro atoms. The first-order valence-electron chi connectivity index (χ1n) is 6.40. The molecule has 0 bridgehead atoms. The van der Waals surface area contributed by atoms with E-state index in [1.54, 1.807) is 29.5 Å². The van der Waals surface area contributed by atoms with Gasteiger partial charge >= 0.3 is 0 Å². The van der Waals surface area contributed by atoms with Crippen LogP contribution < -0.4 is 5.32 Å². The van der Waals surface area contributed by atoms with E-state index in [1.165, 1.54) is 0 Å². The van der Waals surface area contributed by atoms with E-state index in [9.17, 15) is 5.11 Å². The molecule has 6 heteroatoms. The summed E-state index contributed by atoms with van der Waals surface area (Å²) in [6, 6.07) is 11.0. The molecule has 1 aromatic heterocycles. The number of aliphatic hydroxyl groups excluding tert-OH is 1. The third-order valence-corrected chi connectivity index (χ3v) is 3.85. The predicted molar refractivity (Wildman–Crippen MR) is 84.6 cm³/mol. The van der Waals surface area contributed by atoms with Crippen LogP contribution in [0.15, 0.2) is 35.7 Å². The topological polar surface area (TPSA) is 65.3 Å². The second kappa shape index (κ2) is 8.01. The number of nitrogens with one attached hydrogen (secondary N) is 1. The van der Waals surface area contributed by atoms with Crippen LogP contribution in [0.3, 0.4) is 0 Å². The van der Waals surface area contributed by atoms with Crippen molar-refractivity contribution in [3.05, 3.63) is 51.2 Å². The van der Waals surface area contributed by atoms with Crippen molar-refractivity contribution >= 4 is 28.6 Å². The first kappa shape index (κ1) is 15.8. The maximum Gasteiger partial charge on any atom is 0.101 e. The molecule has 0 saturated carbocycles. The summed E-state index contributed by atoms with van der Waals surface area (Å²) >= 11 is 7.51. The highest BCUT2D eigenvalue weighted by atomic mass is 35.5. The molecule has 0 saturated heterocycles. The quantitative estimate of drug-likeness (QED) is 0.821. The van der Waals surface area contributed by atoms with Gasteiger partial charge in [-0.25, -0.2) is 0 Å². The Labute approximate surface area is 132 Å². The molecule has 2 N–H and O–H groups in total. The minimum atomic E-state index is -0.657. The van der Waals surface area contributed by atoms with Gasteiger partial charge in [-0.05, 0) is 29.6 Å². The van der Waals surface area contributed by atoms with E-state index in [1.807, 2.05) is 17.5 Å². The normalized spacial score (nSPS) is 11.9. The number of nitrogens with zero attached hydrogens (tertiary/aromatic N) is 1. The molecule has 0 aliphatic heterocycles. The van der Waals surface area contributed by atoms with Gasteiger partial charge in [-0.2, -0.15) is 5.26 Å². The fourth-order valence-corrected chi connectivity index (χ4v) is 2.55. The van der Waals surface area contributed by atoms with Crippen molar-refractivity contribution in [2.45, 2.75) is 12.7 Å². The SMILES string of the molecule is N#Cc1ccc(Cl)cc1NCC(O)COCc1cccs1. The lowest BCUT2D eigenvalue weighted by molar-refractivity contribution is 0.0359. The lowest BCUT2D eigenvalue weighted by atomic mass is 10.2. The standard InChI is InChI=1S/C15H15ClN2O2S/c16-12-4-3-11(7-17)15(6-12)18-8-13(19)9-20-10-14-2-1-5-21-14/h1-6,13,18-19H,8-10H2. The number of aliphatic hydroxyl groups is 1. The summed E-state index contributed by atoms with van der Waals surface area (Å²) in [5, 5.41) is 24.4. The molecule has 110 valence electrons. The van der Waals surface area contributed by atoms with E-state index in [0.29, 0.717) is 29.4 Å². The molecule has 2 rings (SSSR count). The smallest absolute Gasteiger partial charge is 0.101 e. The summed E-state index contributed by atoms with van der Waals surface area (Å²) in [6.07, 6.45) is -0.657. The number of hydrogen-bond acceptors (Lipinski definition) is 5. The highest BCUT2D eigenvalue weighted by Gasteiger charge is 2.07. The Hall–Kier alpha value is -1.58. The van der Waals surface area contributed by atoms with Crippen LogP contribution in [0.4, 0.5) is 5.69 Å². The predicted octanol–water partition coefficient (Wildman–Crippen LogP) is 3.26. The third-order valence-electron chi connectivity index (χ3n) is 2.76. The second-order valence-electron chi connectivity index (χ2n) is 4.43. The Balaban J connectivity index is 1.77. The molecular formula is C15H15ClN2O2S. The van der Waals surface area contributed by atoms with Crippen molar-refractivity contribution in [1.29, 1.82) is 5.26 Å². The van der Waals surface area contributed by atoms with Crippen molar-refractivity contribution in [1.82, 2.24) is 0 Å². The molecule has 0 aliphatic rings. The van der Waals surface area contributed by atoms with Gasteiger partial charge in [-0.1, -0.05) is 17.7 Å². The first-order valence-corrected chi connectivity index (χ1v) is 7.66. The van der Waals surface area contributed by atoms with Crippen molar-refractivity contribution in [2.75, 3.05) is 18.5 Å². The number of thiophene rings is 1. The van der Waals surface area contributed by atoms with Gasteiger partial charge in [-0.3, -0.25) is 0 Å². The second-order valence-corrected chi connectivity index (χ2v) is 5.90. The van der Waals surface area contributed by atoms with Crippen LogP contribution in [-0.4, -0.2) is 24.4 Å². The maximum absolute atomic E-state index is 9.87. The molecule has 0 aliphatic carbocycles. The van der Waals surface area contributed by atoms with Gasteiger partial charge in [0.25, 0.3) is 0 Å². The Morgan fingerprint density at radius 1 is 1.43 bits per heavy atom. The number of ether oxygens (including phenoxy) is 1. The van der Waals surface area contributed by atoms with Gasteiger partial charge < -0.3 is 15.2 Å². The molecule has 4 nitrogen and oxygen atoms in total. The molecule has 1 heterocycles. The molecule has 1 aromatic carbocycles. The van der Waals surface area contributed by atoms with Crippen LogP contribution in [0.1, 0.15) is 10.4 Å². The van der Waals surface area contributed by atoms with E-state index in [4.69, 9.17) is 21.6 Å². The summed E-state index contributed by atoms with van der Waals surface area (Å²) in [7, 11) is 0. The zero-order chi connectivity index (χ0) is 15.1. The van der Waals surface area contributed by atoms with E-state index < -0.39 is 6.10 Å². The highest BCUT2D eigenvalue weighted by Crippen LogP contribution is 2.20. The fraction of sp³-hybridized carbons (Fsp3) is 0.267. The zero-order valence-corrected chi connectivity index (χ0v) is 12.8. The maximum atomic E-state index is 9.87. The number of nitriles is 1. The molecule has 1 unspecified atom stereocenters. The number of halogens is 1. The summed E-state index contributed by atoms with van der Waals surface area (Å²) in [6.45, 7) is 1.02. The highest BCUT2D eigenvalue weighted by molar-refractivity contribution is 7.09. The summed E-state index contributed by atoms with van der Waals surface area (Å²) in [4.78, 5) is 1.12. The summed E-state index contributed by atoms with van der Waals surface area (Å²) in [5.74, 6) is 0. The van der Waals surface area contributed by atoms with Crippen molar-refractivity contribution < 1.29 is 9.84 Å². The third kappa shape index (κ3) is 5.03. The molecule has 1 atom stereocenters. The molecule has 21 heavy (non-hydrogen) atoms. The monoisotopic (exact) mass is 322 g/mol. The summed E-state index contributed by atoms with van der Waals surface area (Å²) in [5.41, 5.74) is 1.11. The van der Waals surface area contributed by atoms with Gasteiger partial charge in [0.05, 0.1) is 30.6 Å². The van der Waals surface area contributed by atoms with Gasteiger partial charge in [0.2, 0.25) is 0 Å². The number of rotatable bonds is 7. The number of hydrogen-bond donors (Lipinski definition) is 2. The Morgan fingerprint density at radius 3 is 3.00 bits per heavy atom. The van der Waals surface area contributed by atoms with Crippen LogP contribution in [0.5, 0.6) is 0 Å². The number of anilines is 1. The average molecular weight is 323 g/mol. The Morgan fingerprint density at radius 2 is 2.29 bits per heavy atom. The molecule has 0 fully saturated rings. The average Bonchev–Trinajstić information content (AvgIpc) is 2.98. The molecule has 0 amide bonds. The van der Waals surface area contributed by atoms with Gasteiger partial charge in [-0.15, -0.1) is 11.3 Å². The molecule has 2 aromatic rings. The Bertz CT molecular complexity index is 611. The van der Waals surface area contributed by atoms with Gasteiger partial charge in [0.15, 0.2) is 0 Å². The van der Waals surface area contributed by atoms with Crippen LogP contribution in [0.2, 0.25) is 5.02 Å². The van der Waals surface area contributed by atoms with Crippen LogP contribution >= 0.6 is 22.9 Å². The van der Waals surface area contributed by atoms with E-state index in [-0.39, 0.29) is 6.61 Å². The summed E-state index contributed by atoms with van der Waals surface area (Å²) < 4.78 is 5.44. The van der Waals surface area contributed by atoms with E-state index in [2.05, 4.69) is 11.4 Å². The lowest BCUT2D eigenvalue weighted by Crippen LogP contribution is -2.25. The Kier molecular flexibility index (Phi) is 6.03. The number of benzene rings is 1. The van der Waals surface area contributed by atoms with Gasteiger partial charge in [0.1, 0.15) is 6.07 Å². The van der Waals surface area contributed by atoms with Gasteiger partial charge in [0, 0.05) is 16.4 Å². The molecular weight excluding hydrogens is 308 g/mol. The van der Waals surface area contributed by atoms with Crippen LogP contribution in [-0.2, 0) is 11.3 Å². The van der Waals surface area contributed by atoms with E-state index in [0.717, 1.165) is 4.88 Å². The van der Waals surface area contributed by atoms with Crippen molar-refractivity contribution in [2.24, 2.45) is 0 Å². The minimum absolute atomic E-state index is 0.230. The van der Waals surface area contributed by atoms with Crippen molar-refractivity contribution in [3.8, 4) is 6.07 Å². The zero-order valence-electron chi connectivity index (χ0n) is 11.3.